The van der Waals surface area contributed by atoms with Crippen molar-refractivity contribution in [3.8, 4) is 0 Å². The molecule has 1 aromatic rings. The van der Waals surface area contributed by atoms with Crippen LogP contribution in [-0.4, -0.2) is 17.5 Å². The summed E-state index contributed by atoms with van der Waals surface area (Å²) in [6, 6.07) is 9.61. The molecule has 2 heteroatoms. The van der Waals surface area contributed by atoms with E-state index in [1.807, 2.05) is 37.3 Å². The van der Waals surface area contributed by atoms with Gasteiger partial charge >= 0.3 is 0 Å². The van der Waals surface area contributed by atoms with Gasteiger partial charge in [-0.3, -0.25) is 0 Å². The quantitative estimate of drug-likeness (QED) is 0.258. The minimum atomic E-state index is 0.741. The first kappa shape index (κ1) is 7.79. The molecule has 1 rings (SSSR count). The summed E-state index contributed by atoms with van der Waals surface area (Å²) in [7, 11) is 1.50. The van der Waals surface area contributed by atoms with Gasteiger partial charge in [-0.2, -0.15) is 0 Å². The zero-order valence-corrected chi connectivity index (χ0v) is 6.74. The Morgan fingerprint density at radius 3 is 2.27 bits per heavy atom. The summed E-state index contributed by atoms with van der Waals surface area (Å²) in [5.74, 6) is 0. The van der Waals surface area contributed by atoms with Crippen LogP contribution in [0.2, 0.25) is 0 Å². The standard InChI is InChI=1S/C9H11NO/c1-8(10(2)11)9-6-4-3-5-7-9/h3-7H,1-2H3/b10-8-. The highest BCUT2D eigenvalue weighted by Gasteiger charge is 2.00. The van der Waals surface area contributed by atoms with Gasteiger partial charge in [-0.1, -0.05) is 18.2 Å². The lowest BCUT2D eigenvalue weighted by molar-refractivity contribution is -0.422. The van der Waals surface area contributed by atoms with Gasteiger partial charge in [-0.25, -0.2) is 4.74 Å². The summed E-state index contributed by atoms with van der Waals surface area (Å²) in [6.45, 7) is 1.81. The van der Waals surface area contributed by atoms with Gasteiger partial charge in [0, 0.05) is 12.5 Å². The third kappa shape index (κ3) is 1.80. The van der Waals surface area contributed by atoms with Crippen LogP contribution in [0.4, 0.5) is 0 Å². The fourth-order valence-corrected chi connectivity index (χ4v) is 0.861. The van der Waals surface area contributed by atoms with Crippen LogP contribution in [0, 0.1) is 5.21 Å². The van der Waals surface area contributed by atoms with E-state index in [1.54, 1.807) is 0 Å². The van der Waals surface area contributed by atoms with E-state index in [-0.39, 0.29) is 0 Å². The smallest absolute Gasteiger partial charge is 0.191 e. The summed E-state index contributed by atoms with van der Waals surface area (Å²) in [5.41, 5.74) is 1.72. The molecule has 0 unspecified atom stereocenters. The van der Waals surface area contributed by atoms with E-state index in [0.717, 1.165) is 16.0 Å². The minimum Gasteiger partial charge on any atom is -0.624 e. The Hall–Kier alpha value is -1.31. The van der Waals surface area contributed by atoms with Crippen molar-refractivity contribution in [2.24, 2.45) is 0 Å². The molecule has 11 heavy (non-hydrogen) atoms. The van der Waals surface area contributed by atoms with Crippen molar-refractivity contribution in [1.29, 1.82) is 0 Å². The largest absolute Gasteiger partial charge is 0.624 e. The Morgan fingerprint density at radius 2 is 1.82 bits per heavy atom. The molecule has 0 atom stereocenters. The SMILES string of the molecule is C/C(c1ccccc1)=[N+](\C)[O-]. The van der Waals surface area contributed by atoms with Gasteiger partial charge in [-0.05, 0) is 12.1 Å². The maximum Gasteiger partial charge on any atom is 0.191 e. The van der Waals surface area contributed by atoms with Gasteiger partial charge in [0.25, 0.3) is 0 Å². The van der Waals surface area contributed by atoms with E-state index in [1.165, 1.54) is 7.05 Å². The Labute approximate surface area is 66.4 Å². The van der Waals surface area contributed by atoms with Crippen LogP contribution < -0.4 is 0 Å². The zero-order chi connectivity index (χ0) is 8.27. The van der Waals surface area contributed by atoms with Crippen molar-refractivity contribution < 1.29 is 4.74 Å². The number of nitrogens with zero attached hydrogens (tertiary/aromatic N) is 1. The molecule has 0 amide bonds. The van der Waals surface area contributed by atoms with E-state index >= 15 is 0 Å². The molecule has 0 bridgehead atoms. The highest BCUT2D eigenvalue weighted by atomic mass is 16.5. The zero-order valence-electron chi connectivity index (χ0n) is 6.74. The highest BCUT2D eigenvalue weighted by molar-refractivity contribution is 5.94. The Kier molecular flexibility index (Phi) is 2.26. The number of hydroxylamine groups is 1. The Balaban J connectivity index is 3.04. The lowest BCUT2D eigenvalue weighted by Gasteiger charge is -2.01. The molecule has 0 fully saturated rings. The Morgan fingerprint density at radius 1 is 1.27 bits per heavy atom. The van der Waals surface area contributed by atoms with Crippen molar-refractivity contribution >= 4 is 5.71 Å². The van der Waals surface area contributed by atoms with Crippen LogP contribution in [-0.2, 0) is 0 Å². The van der Waals surface area contributed by atoms with Crippen LogP contribution in [0.25, 0.3) is 0 Å². The van der Waals surface area contributed by atoms with Gasteiger partial charge in [0.15, 0.2) is 5.71 Å². The van der Waals surface area contributed by atoms with E-state index in [4.69, 9.17) is 0 Å². The maximum atomic E-state index is 10.8. The molecular formula is C9H11NO. The van der Waals surface area contributed by atoms with Gasteiger partial charge in [0.1, 0.15) is 7.05 Å². The molecule has 0 heterocycles. The summed E-state index contributed by atoms with van der Waals surface area (Å²) in [5, 5.41) is 10.8. The molecule has 0 radical (unpaired) electrons. The van der Waals surface area contributed by atoms with Gasteiger partial charge in [-0.15, -0.1) is 0 Å². The normalized spacial score (nSPS) is 12.5. The molecule has 0 aliphatic carbocycles. The average molecular weight is 149 g/mol. The third-order valence-corrected chi connectivity index (χ3v) is 1.66. The molecule has 0 saturated heterocycles. The fraction of sp³-hybridized carbons (Fsp3) is 0.222. The lowest BCUT2D eigenvalue weighted by atomic mass is 10.1. The summed E-state index contributed by atoms with van der Waals surface area (Å²) < 4.78 is 0.870. The lowest BCUT2D eigenvalue weighted by Crippen LogP contribution is -2.08. The molecule has 0 N–H and O–H groups in total. The molecule has 0 aliphatic rings. The van der Waals surface area contributed by atoms with Crippen LogP contribution >= 0.6 is 0 Å². The average Bonchev–Trinajstić information content (AvgIpc) is 2.05. The second-order valence-electron chi connectivity index (χ2n) is 2.45. The highest BCUT2D eigenvalue weighted by Crippen LogP contribution is 1.99. The van der Waals surface area contributed by atoms with E-state index in [2.05, 4.69) is 0 Å². The molecule has 1 aromatic carbocycles. The second kappa shape index (κ2) is 3.19. The van der Waals surface area contributed by atoms with Crippen LogP contribution in [0.5, 0.6) is 0 Å². The van der Waals surface area contributed by atoms with Gasteiger partial charge < -0.3 is 5.21 Å². The number of benzene rings is 1. The predicted molar refractivity (Wildman–Crippen MR) is 45.8 cm³/mol. The summed E-state index contributed by atoms with van der Waals surface area (Å²) >= 11 is 0. The molecular weight excluding hydrogens is 138 g/mol. The number of hydrogen-bond donors (Lipinski definition) is 0. The van der Waals surface area contributed by atoms with E-state index in [9.17, 15) is 5.21 Å². The van der Waals surface area contributed by atoms with E-state index in [0.29, 0.717) is 0 Å². The molecule has 58 valence electrons. The van der Waals surface area contributed by atoms with Crippen molar-refractivity contribution in [1.82, 2.24) is 0 Å². The second-order valence-corrected chi connectivity index (χ2v) is 2.45. The van der Waals surface area contributed by atoms with E-state index < -0.39 is 0 Å². The van der Waals surface area contributed by atoms with Gasteiger partial charge in [0.2, 0.25) is 0 Å². The first-order chi connectivity index (χ1) is 5.22. The van der Waals surface area contributed by atoms with Crippen molar-refractivity contribution in [2.75, 3.05) is 7.05 Å². The predicted octanol–water partition coefficient (Wildman–Crippen LogP) is 1.64. The minimum absolute atomic E-state index is 0.741. The number of hydrogen-bond acceptors (Lipinski definition) is 1. The summed E-state index contributed by atoms with van der Waals surface area (Å²) in [6.07, 6.45) is 0. The monoisotopic (exact) mass is 149 g/mol. The molecule has 0 aliphatic heterocycles. The van der Waals surface area contributed by atoms with Crippen LogP contribution in [0.3, 0.4) is 0 Å². The van der Waals surface area contributed by atoms with Crippen LogP contribution in [0.1, 0.15) is 12.5 Å². The molecule has 2 nitrogen and oxygen atoms in total. The number of rotatable bonds is 1. The Bertz CT molecular complexity index is 260. The summed E-state index contributed by atoms with van der Waals surface area (Å²) in [4.78, 5) is 0. The van der Waals surface area contributed by atoms with Crippen molar-refractivity contribution in [3.05, 3.63) is 41.1 Å². The topological polar surface area (TPSA) is 26.1 Å². The van der Waals surface area contributed by atoms with Crippen molar-refractivity contribution in [2.45, 2.75) is 6.92 Å². The van der Waals surface area contributed by atoms with Crippen molar-refractivity contribution in [3.63, 3.8) is 0 Å². The first-order valence-corrected chi connectivity index (χ1v) is 3.51. The third-order valence-electron chi connectivity index (χ3n) is 1.66. The maximum absolute atomic E-state index is 10.8. The molecule has 0 saturated carbocycles. The fourth-order valence-electron chi connectivity index (χ4n) is 0.861. The van der Waals surface area contributed by atoms with Gasteiger partial charge in [0.05, 0.1) is 0 Å². The first-order valence-electron chi connectivity index (χ1n) is 3.51. The van der Waals surface area contributed by atoms with Crippen LogP contribution in [0.15, 0.2) is 30.3 Å². The molecule has 0 aromatic heterocycles. The molecule has 0 spiro atoms.